The number of nitrogens with two attached hydrogens (primary N) is 1. The lowest BCUT2D eigenvalue weighted by Crippen LogP contribution is -2.51. The van der Waals surface area contributed by atoms with Crippen molar-refractivity contribution in [2.45, 2.75) is 44.3 Å². The summed E-state index contributed by atoms with van der Waals surface area (Å²) in [5.41, 5.74) is 6.16. The number of hydrogen-bond donors (Lipinski definition) is 1. The topological polar surface area (TPSA) is 47.7 Å². The van der Waals surface area contributed by atoms with E-state index in [2.05, 4.69) is 11.8 Å². The van der Waals surface area contributed by atoms with Gasteiger partial charge in [0.1, 0.15) is 0 Å². The maximum atomic E-state index is 6.16. The Labute approximate surface area is 99.1 Å². The van der Waals surface area contributed by atoms with Crippen molar-refractivity contribution >= 4 is 0 Å². The van der Waals surface area contributed by atoms with E-state index < -0.39 is 0 Å². The second-order valence-electron chi connectivity index (χ2n) is 4.70. The van der Waals surface area contributed by atoms with Crippen molar-refractivity contribution in [2.75, 3.05) is 34.0 Å². The third-order valence-electron chi connectivity index (χ3n) is 3.49. The van der Waals surface area contributed by atoms with Gasteiger partial charge < -0.3 is 15.2 Å². The predicted octanol–water partition coefficient (Wildman–Crippen LogP) is 0.850. The van der Waals surface area contributed by atoms with Crippen molar-refractivity contribution in [3.8, 4) is 0 Å². The maximum absolute atomic E-state index is 6.16. The molecule has 2 N–H and O–H groups in total. The summed E-state index contributed by atoms with van der Waals surface area (Å²) in [5, 5.41) is 0. The summed E-state index contributed by atoms with van der Waals surface area (Å²) in [6.45, 7) is 4.66. The summed E-state index contributed by atoms with van der Waals surface area (Å²) < 4.78 is 10.4. The first-order valence-corrected chi connectivity index (χ1v) is 6.20. The Bertz CT molecular complexity index is 190. The standard InChI is InChI=1S/C12H26N2O2/c1-10(9-16-3)14(7-8-15-2)12-6-4-5-11(12)13/h10-12H,4-9,13H2,1-3H3. The first kappa shape index (κ1) is 13.9. The van der Waals surface area contributed by atoms with Gasteiger partial charge in [-0.1, -0.05) is 6.42 Å². The highest BCUT2D eigenvalue weighted by atomic mass is 16.5. The van der Waals surface area contributed by atoms with Gasteiger partial charge >= 0.3 is 0 Å². The van der Waals surface area contributed by atoms with Crippen molar-refractivity contribution in [1.29, 1.82) is 0 Å². The summed E-state index contributed by atoms with van der Waals surface area (Å²) in [7, 11) is 3.49. The zero-order chi connectivity index (χ0) is 12.0. The van der Waals surface area contributed by atoms with Gasteiger partial charge in [0.05, 0.1) is 13.2 Å². The minimum absolute atomic E-state index is 0.316. The van der Waals surface area contributed by atoms with Crippen LogP contribution < -0.4 is 5.73 Å². The van der Waals surface area contributed by atoms with Crippen LogP contribution in [-0.2, 0) is 9.47 Å². The van der Waals surface area contributed by atoms with E-state index in [1.54, 1.807) is 14.2 Å². The van der Waals surface area contributed by atoms with Crippen LogP contribution in [0.25, 0.3) is 0 Å². The minimum Gasteiger partial charge on any atom is -0.383 e. The van der Waals surface area contributed by atoms with Gasteiger partial charge in [-0.2, -0.15) is 0 Å². The van der Waals surface area contributed by atoms with E-state index in [1.807, 2.05) is 0 Å². The van der Waals surface area contributed by atoms with Crippen LogP contribution in [0.4, 0.5) is 0 Å². The average Bonchev–Trinajstić information content (AvgIpc) is 2.66. The van der Waals surface area contributed by atoms with E-state index in [-0.39, 0.29) is 0 Å². The summed E-state index contributed by atoms with van der Waals surface area (Å²) in [5.74, 6) is 0. The molecular weight excluding hydrogens is 204 g/mol. The number of hydrogen-bond acceptors (Lipinski definition) is 4. The molecule has 16 heavy (non-hydrogen) atoms. The molecular formula is C12H26N2O2. The minimum atomic E-state index is 0.316. The largest absolute Gasteiger partial charge is 0.383 e. The van der Waals surface area contributed by atoms with Gasteiger partial charge in [0.15, 0.2) is 0 Å². The highest BCUT2D eigenvalue weighted by Crippen LogP contribution is 2.24. The molecule has 0 saturated heterocycles. The van der Waals surface area contributed by atoms with Crippen LogP contribution in [0, 0.1) is 0 Å². The molecule has 1 saturated carbocycles. The van der Waals surface area contributed by atoms with Gasteiger partial charge in [-0.05, 0) is 19.8 Å². The third kappa shape index (κ3) is 3.70. The first-order valence-electron chi connectivity index (χ1n) is 6.20. The predicted molar refractivity (Wildman–Crippen MR) is 65.5 cm³/mol. The van der Waals surface area contributed by atoms with E-state index in [0.717, 1.165) is 26.2 Å². The Hall–Kier alpha value is -0.160. The molecule has 0 aliphatic heterocycles. The summed E-state index contributed by atoms with van der Waals surface area (Å²) >= 11 is 0. The van der Waals surface area contributed by atoms with Crippen LogP contribution >= 0.6 is 0 Å². The van der Waals surface area contributed by atoms with Crippen molar-refractivity contribution in [3.63, 3.8) is 0 Å². The molecule has 3 atom stereocenters. The van der Waals surface area contributed by atoms with Gasteiger partial charge in [0.25, 0.3) is 0 Å². The van der Waals surface area contributed by atoms with E-state index in [9.17, 15) is 0 Å². The van der Waals surface area contributed by atoms with Gasteiger partial charge in [-0.25, -0.2) is 0 Å². The second-order valence-corrected chi connectivity index (χ2v) is 4.70. The van der Waals surface area contributed by atoms with Crippen LogP contribution in [0.15, 0.2) is 0 Å². The summed E-state index contributed by atoms with van der Waals surface area (Å²) in [6.07, 6.45) is 3.60. The van der Waals surface area contributed by atoms with Crippen LogP contribution in [0.2, 0.25) is 0 Å². The molecule has 0 heterocycles. The summed E-state index contributed by atoms with van der Waals surface area (Å²) in [6, 6.07) is 1.23. The Balaban J connectivity index is 2.54. The Morgan fingerprint density at radius 2 is 2.06 bits per heavy atom. The normalized spacial score (nSPS) is 27.6. The quantitative estimate of drug-likeness (QED) is 0.704. The Morgan fingerprint density at radius 3 is 2.56 bits per heavy atom. The van der Waals surface area contributed by atoms with Crippen LogP contribution in [0.5, 0.6) is 0 Å². The molecule has 0 radical (unpaired) electrons. The molecule has 0 aromatic carbocycles. The molecule has 1 aliphatic rings. The zero-order valence-electron chi connectivity index (χ0n) is 10.8. The van der Waals surface area contributed by atoms with E-state index in [4.69, 9.17) is 15.2 Å². The molecule has 0 aromatic heterocycles. The second kappa shape index (κ2) is 7.22. The fraction of sp³-hybridized carbons (Fsp3) is 1.00. The van der Waals surface area contributed by atoms with Crippen LogP contribution in [0.1, 0.15) is 26.2 Å². The average molecular weight is 230 g/mol. The summed E-state index contributed by atoms with van der Waals surface area (Å²) in [4.78, 5) is 2.45. The van der Waals surface area contributed by atoms with Crippen molar-refractivity contribution in [1.82, 2.24) is 4.90 Å². The van der Waals surface area contributed by atoms with Crippen LogP contribution in [0.3, 0.4) is 0 Å². The van der Waals surface area contributed by atoms with Crippen molar-refractivity contribution < 1.29 is 9.47 Å². The van der Waals surface area contributed by atoms with Crippen molar-refractivity contribution in [3.05, 3.63) is 0 Å². The third-order valence-corrected chi connectivity index (χ3v) is 3.49. The molecule has 4 nitrogen and oxygen atoms in total. The molecule has 0 amide bonds. The molecule has 0 aromatic rings. The fourth-order valence-corrected chi connectivity index (χ4v) is 2.63. The van der Waals surface area contributed by atoms with Crippen LogP contribution in [-0.4, -0.2) is 57.0 Å². The Kier molecular flexibility index (Phi) is 6.28. The maximum Gasteiger partial charge on any atom is 0.0615 e. The smallest absolute Gasteiger partial charge is 0.0615 e. The highest BCUT2D eigenvalue weighted by Gasteiger charge is 2.31. The monoisotopic (exact) mass is 230 g/mol. The Morgan fingerprint density at radius 1 is 1.31 bits per heavy atom. The molecule has 0 bridgehead atoms. The molecule has 96 valence electrons. The van der Waals surface area contributed by atoms with E-state index in [0.29, 0.717) is 18.1 Å². The first-order chi connectivity index (χ1) is 7.70. The molecule has 3 unspecified atom stereocenters. The number of methoxy groups -OCH3 is 2. The zero-order valence-corrected chi connectivity index (χ0v) is 10.8. The number of nitrogens with zero attached hydrogens (tertiary/aromatic N) is 1. The lowest BCUT2D eigenvalue weighted by Gasteiger charge is -2.36. The van der Waals surface area contributed by atoms with E-state index >= 15 is 0 Å². The molecule has 1 aliphatic carbocycles. The lowest BCUT2D eigenvalue weighted by atomic mass is 10.1. The van der Waals surface area contributed by atoms with E-state index in [1.165, 1.54) is 12.8 Å². The highest BCUT2D eigenvalue weighted by molar-refractivity contribution is 4.90. The fourth-order valence-electron chi connectivity index (χ4n) is 2.63. The van der Waals surface area contributed by atoms with Gasteiger partial charge in [0, 0.05) is 38.9 Å². The molecule has 0 spiro atoms. The van der Waals surface area contributed by atoms with Gasteiger partial charge in [0.2, 0.25) is 0 Å². The lowest BCUT2D eigenvalue weighted by molar-refractivity contribution is 0.0444. The number of rotatable bonds is 7. The van der Waals surface area contributed by atoms with Gasteiger partial charge in [-0.3, -0.25) is 4.90 Å². The SMILES string of the molecule is COCCN(C(C)COC)C1CCCC1N. The molecule has 4 heteroatoms. The molecule has 1 rings (SSSR count). The van der Waals surface area contributed by atoms with Crippen molar-refractivity contribution in [2.24, 2.45) is 5.73 Å². The number of ether oxygens (including phenoxy) is 2. The molecule has 1 fully saturated rings. The van der Waals surface area contributed by atoms with Gasteiger partial charge in [-0.15, -0.1) is 0 Å².